The number of hydrogen-bond acceptors (Lipinski definition) is 5. The number of hydrogen-bond donors (Lipinski definition) is 3. The molecule has 3 N–H and O–H groups in total. The Morgan fingerprint density at radius 3 is 2.89 bits per heavy atom. The molecule has 1 saturated heterocycles. The zero-order valence-electron chi connectivity index (χ0n) is 14.5. The van der Waals surface area contributed by atoms with Gasteiger partial charge in [-0.1, -0.05) is 17.7 Å². The van der Waals surface area contributed by atoms with Crippen LogP contribution in [-0.4, -0.2) is 37.6 Å². The van der Waals surface area contributed by atoms with Crippen LogP contribution in [0.5, 0.6) is 0 Å². The number of nitrogens with one attached hydrogen (secondary N) is 3. The van der Waals surface area contributed by atoms with Gasteiger partial charge in [-0.25, -0.2) is 0 Å². The Morgan fingerprint density at radius 2 is 2.19 bits per heavy atom. The molecule has 2 heterocycles. The fourth-order valence-corrected chi connectivity index (χ4v) is 3.49. The molecule has 2 aromatic rings. The SMILES string of the molecule is Cl.O=C(CC1COCCN1)Nc1ccc(Cl)c(C(=O)NCc2cccs2)c1. The molecule has 1 aromatic heterocycles. The second-order valence-electron chi connectivity index (χ2n) is 5.93. The molecule has 2 amide bonds. The van der Waals surface area contributed by atoms with Crippen LogP contribution < -0.4 is 16.0 Å². The van der Waals surface area contributed by atoms with Crippen molar-refractivity contribution in [2.45, 2.75) is 19.0 Å². The molecule has 3 rings (SSSR count). The third kappa shape index (κ3) is 6.48. The third-order valence-corrected chi connectivity index (χ3v) is 5.13. The van der Waals surface area contributed by atoms with Crippen LogP contribution in [0.2, 0.25) is 5.02 Å². The normalized spacial score (nSPS) is 16.3. The van der Waals surface area contributed by atoms with Crippen LogP contribution in [0.1, 0.15) is 21.7 Å². The molecule has 6 nitrogen and oxygen atoms in total. The van der Waals surface area contributed by atoms with Gasteiger partial charge in [-0.05, 0) is 29.6 Å². The minimum Gasteiger partial charge on any atom is -0.378 e. The number of carbonyl (C=O) groups is 2. The fraction of sp³-hybridized carbons (Fsp3) is 0.333. The molecular weight excluding hydrogens is 409 g/mol. The molecule has 1 fully saturated rings. The number of rotatable bonds is 6. The van der Waals surface area contributed by atoms with Gasteiger partial charge in [0.2, 0.25) is 5.91 Å². The lowest BCUT2D eigenvalue weighted by atomic mass is 10.1. The van der Waals surface area contributed by atoms with Crippen molar-refractivity contribution in [1.29, 1.82) is 0 Å². The summed E-state index contributed by atoms with van der Waals surface area (Å²) in [5.41, 5.74) is 0.873. The van der Waals surface area contributed by atoms with Gasteiger partial charge in [0.05, 0.1) is 30.3 Å². The van der Waals surface area contributed by atoms with E-state index in [-0.39, 0.29) is 30.3 Å². The summed E-state index contributed by atoms with van der Waals surface area (Å²) in [6, 6.07) is 8.77. The summed E-state index contributed by atoms with van der Waals surface area (Å²) in [6.45, 7) is 2.37. The maximum Gasteiger partial charge on any atom is 0.253 e. The number of amides is 2. The maximum absolute atomic E-state index is 12.4. The van der Waals surface area contributed by atoms with Gasteiger partial charge >= 0.3 is 0 Å². The first-order valence-electron chi connectivity index (χ1n) is 8.33. The number of morpholine rings is 1. The van der Waals surface area contributed by atoms with Crippen molar-refractivity contribution in [2.75, 3.05) is 25.1 Å². The van der Waals surface area contributed by atoms with Gasteiger partial charge in [0.25, 0.3) is 5.91 Å². The minimum atomic E-state index is -0.276. The standard InChI is InChI=1S/C18H20ClN3O3S.ClH/c19-16-4-3-12(22-17(23)9-13-11-25-6-5-20-13)8-15(16)18(24)21-10-14-2-1-7-26-14;/h1-4,7-8,13,20H,5-6,9-11H2,(H,21,24)(H,22,23);1H. The smallest absolute Gasteiger partial charge is 0.253 e. The topological polar surface area (TPSA) is 79.5 Å². The van der Waals surface area contributed by atoms with Crippen molar-refractivity contribution in [3.63, 3.8) is 0 Å². The monoisotopic (exact) mass is 429 g/mol. The first-order chi connectivity index (χ1) is 12.6. The number of carbonyl (C=O) groups excluding carboxylic acids is 2. The lowest BCUT2D eigenvalue weighted by molar-refractivity contribution is -0.117. The number of halogens is 2. The summed E-state index contributed by atoms with van der Waals surface area (Å²) in [7, 11) is 0. The number of thiophene rings is 1. The van der Waals surface area contributed by atoms with E-state index in [9.17, 15) is 9.59 Å². The molecular formula is C18H21Cl2N3O3S. The van der Waals surface area contributed by atoms with Crippen molar-refractivity contribution < 1.29 is 14.3 Å². The molecule has 146 valence electrons. The van der Waals surface area contributed by atoms with Crippen LogP contribution in [0.25, 0.3) is 0 Å². The van der Waals surface area contributed by atoms with Gasteiger partial charge < -0.3 is 20.7 Å². The van der Waals surface area contributed by atoms with Crippen molar-refractivity contribution >= 4 is 52.8 Å². The van der Waals surface area contributed by atoms with Crippen LogP contribution in [0.3, 0.4) is 0 Å². The lowest BCUT2D eigenvalue weighted by Gasteiger charge is -2.23. The average molecular weight is 430 g/mol. The lowest BCUT2D eigenvalue weighted by Crippen LogP contribution is -2.43. The summed E-state index contributed by atoms with van der Waals surface area (Å²) in [4.78, 5) is 25.6. The first-order valence-corrected chi connectivity index (χ1v) is 9.58. The van der Waals surface area contributed by atoms with Crippen LogP contribution in [0, 0.1) is 0 Å². The molecule has 1 aliphatic heterocycles. The molecule has 0 bridgehead atoms. The van der Waals surface area contributed by atoms with E-state index < -0.39 is 0 Å². The van der Waals surface area contributed by atoms with E-state index in [4.69, 9.17) is 16.3 Å². The number of anilines is 1. The van der Waals surface area contributed by atoms with E-state index >= 15 is 0 Å². The van der Waals surface area contributed by atoms with Crippen molar-refractivity contribution in [1.82, 2.24) is 10.6 Å². The molecule has 1 aliphatic rings. The highest BCUT2D eigenvalue weighted by Gasteiger charge is 2.18. The highest BCUT2D eigenvalue weighted by Crippen LogP contribution is 2.21. The van der Waals surface area contributed by atoms with Gasteiger partial charge in [-0.3, -0.25) is 9.59 Å². The fourth-order valence-electron chi connectivity index (χ4n) is 2.64. The molecule has 1 unspecified atom stereocenters. The van der Waals surface area contributed by atoms with Gasteiger partial charge in [0.15, 0.2) is 0 Å². The van der Waals surface area contributed by atoms with E-state index in [1.165, 1.54) is 0 Å². The van der Waals surface area contributed by atoms with E-state index in [1.54, 1.807) is 29.5 Å². The van der Waals surface area contributed by atoms with E-state index in [0.717, 1.165) is 11.4 Å². The Morgan fingerprint density at radius 1 is 1.33 bits per heavy atom. The third-order valence-electron chi connectivity index (χ3n) is 3.93. The highest BCUT2D eigenvalue weighted by molar-refractivity contribution is 7.09. The van der Waals surface area contributed by atoms with Gasteiger partial charge in [-0.15, -0.1) is 23.7 Å². The first kappa shape index (κ1) is 21.7. The Balaban J connectivity index is 0.00000261. The second kappa shape index (κ2) is 10.6. The molecule has 0 radical (unpaired) electrons. The average Bonchev–Trinajstić information content (AvgIpc) is 3.15. The summed E-state index contributed by atoms with van der Waals surface area (Å²) in [5, 5.41) is 11.2. The molecule has 9 heteroatoms. The van der Waals surface area contributed by atoms with Gasteiger partial charge in [0.1, 0.15) is 0 Å². The van der Waals surface area contributed by atoms with Crippen LogP contribution in [0.15, 0.2) is 35.7 Å². The van der Waals surface area contributed by atoms with Crippen molar-refractivity contribution in [3.05, 3.63) is 51.2 Å². The molecule has 0 aliphatic carbocycles. The van der Waals surface area contributed by atoms with Crippen LogP contribution in [-0.2, 0) is 16.1 Å². The highest BCUT2D eigenvalue weighted by atomic mass is 35.5. The van der Waals surface area contributed by atoms with Gasteiger partial charge in [-0.2, -0.15) is 0 Å². The summed E-state index contributed by atoms with van der Waals surface area (Å²) >= 11 is 7.72. The van der Waals surface area contributed by atoms with E-state index in [2.05, 4.69) is 16.0 Å². The molecule has 27 heavy (non-hydrogen) atoms. The zero-order chi connectivity index (χ0) is 18.4. The molecule has 1 aromatic carbocycles. The van der Waals surface area contributed by atoms with E-state index in [1.807, 2.05) is 17.5 Å². The zero-order valence-corrected chi connectivity index (χ0v) is 16.9. The summed E-state index contributed by atoms with van der Waals surface area (Å²) < 4.78 is 5.34. The Kier molecular flexibility index (Phi) is 8.53. The molecule has 0 saturated carbocycles. The Bertz CT molecular complexity index is 765. The van der Waals surface area contributed by atoms with Crippen LogP contribution >= 0.6 is 35.3 Å². The quantitative estimate of drug-likeness (QED) is 0.658. The predicted molar refractivity (Wildman–Crippen MR) is 110 cm³/mol. The maximum atomic E-state index is 12.4. The number of benzene rings is 1. The summed E-state index contributed by atoms with van der Waals surface area (Å²) in [6.07, 6.45) is 0.308. The Hall–Kier alpha value is -1.64. The van der Waals surface area contributed by atoms with Crippen molar-refractivity contribution in [2.24, 2.45) is 0 Å². The molecule has 1 atom stereocenters. The van der Waals surface area contributed by atoms with Gasteiger partial charge in [0, 0.05) is 29.6 Å². The Labute approximate surface area is 173 Å². The molecule has 0 spiro atoms. The predicted octanol–water partition coefficient (Wildman–Crippen LogP) is 3.07. The minimum absolute atomic E-state index is 0. The number of ether oxygens (including phenoxy) is 1. The van der Waals surface area contributed by atoms with Crippen molar-refractivity contribution in [3.8, 4) is 0 Å². The van der Waals surface area contributed by atoms with Crippen LogP contribution in [0.4, 0.5) is 5.69 Å². The summed E-state index contributed by atoms with van der Waals surface area (Å²) in [5.74, 6) is -0.415. The van der Waals surface area contributed by atoms with E-state index in [0.29, 0.717) is 42.5 Å². The largest absolute Gasteiger partial charge is 0.378 e. The second-order valence-corrected chi connectivity index (χ2v) is 7.37.